The van der Waals surface area contributed by atoms with E-state index in [2.05, 4.69) is 13.5 Å². The summed E-state index contributed by atoms with van der Waals surface area (Å²) in [7, 11) is 0. The molecule has 0 radical (unpaired) electrons. The van der Waals surface area contributed by atoms with Crippen LogP contribution in [0.2, 0.25) is 0 Å². The molecule has 216 valence electrons. The van der Waals surface area contributed by atoms with E-state index in [1.807, 2.05) is 52.8 Å². The normalized spacial score (nSPS) is 40.7. The molecule has 0 bridgehead atoms. The van der Waals surface area contributed by atoms with Gasteiger partial charge in [-0.15, -0.1) is 0 Å². The number of aliphatic hydroxyl groups is 4. The van der Waals surface area contributed by atoms with E-state index in [9.17, 15) is 25.2 Å². The van der Waals surface area contributed by atoms with E-state index in [1.165, 1.54) is 6.08 Å². The monoisotopic (exact) mass is 532 g/mol. The molecule has 0 fully saturated rings. The van der Waals surface area contributed by atoms with Gasteiger partial charge < -0.3 is 25.2 Å². The third-order valence-electron chi connectivity index (χ3n) is 7.78. The van der Waals surface area contributed by atoms with Gasteiger partial charge in [0.1, 0.15) is 6.10 Å². The van der Waals surface area contributed by atoms with Crippen molar-refractivity contribution in [3.63, 3.8) is 0 Å². The lowest BCUT2D eigenvalue weighted by Gasteiger charge is -2.31. The molecular weight excluding hydrogens is 480 g/mol. The fourth-order valence-electron chi connectivity index (χ4n) is 5.04. The van der Waals surface area contributed by atoms with E-state index < -0.39 is 36.5 Å². The number of esters is 1. The standard InChI is InChI=1S/C32H52O6/c1-8-9-12-24(5)32-26(7)28(34)18-15-21(2)19-25(6)31(37)23(4)16-17-27(33)20-29(35)22(3)13-10-11-14-30(36)38-32/h8-14,16-17,21-29,31-35,37H,1,15,18-20H2,2-7H3/b12-9-,13-10+,14-11-,17-16-/t21-,22+,23-,24-,25-,26-,27+,28+,29+,31-,32-/m0/s1. The Labute approximate surface area is 230 Å². The highest BCUT2D eigenvalue weighted by Gasteiger charge is 2.31. The van der Waals surface area contributed by atoms with Crippen LogP contribution in [-0.2, 0) is 9.53 Å². The van der Waals surface area contributed by atoms with Crippen molar-refractivity contribution in [3.8, 4) is 0 Å². The Morgan fingerprint density at radius 2 is 1.61 bits per heavy atom. The SMILES string of the molecule is C=C/C=C\[C@H](C)[C@@H]1OC(=O)/C=C\C=C\[C@@H](C)[C@H](O)C[C@H](O)/C=C\[C@H](C)[C@H](O)[C@@H](C)C[C@@H](C)CC[C@@H](O)[C@@H]1C. The highest BCUT2D eigenvalue weighted by molar-refractivity contribution is 5.82. The molecule has 0 spiro atoms. The zero-order valence-corrected chi connectivity index (χ0v) is 24.2. The predicted octanol–water partition coefficient (Wildman–Crippen LogP) is 5.14. The minimum atomic E-state index is -0.828. The van der Waals surface area contributed by atoms with Gasteiger partial charge in [-0.05, 0) is 31.1 Å². The minimum Gasteiger partial charge on any atom is -0.458 e. The lowest BCUT2D eigenvalue weighted by atomic mass is 9.82. The Kier molecular flexibility index (Phi) is 15.7. The van der Waals surface area contributed by atoms with Crippen molar-refractivity contribution in [2.75, 3.05) is 0 Å². The first-order valence-electron chi connectivity index (χ1n) is 14.1. The lowest BCUT2D eigenvalue weighted by Crippen LogP contribution is -2.37. The second kappa shape index (κ2) is 17.6. The quantitative estimate of drug-likeness (QED) is 0.228. The molecule has 6 heteroatoms. The first-order chi connectivity index (χ1) is 17.9. The molecule has 1 heterocycles. The summed E-state index contributed by atoms with van der Waals surface area (Å²) in [6, 6.07) is 0. The summed E-state index contributed by atoms with van der Waals surface area (Å²) >= 11 is 0. The summed E-state index contributed by atoms with van der Waals surface area (Å²) in [5.74, 6) is -0.976. The van der Waals surface area contributed by atoms with Gasteiger partial charge in [0.05, 0.1) is 24.4 Å². The van der Waals surface area contributed by atoms with E-state index in [0.717, 1.165) is 12.8 Å². The van der Waals surface area contributed by atoms with E-state index in [-0.39, 0.29) is 41.9 Å². The number of allylic oxidation sites excluding steroid dienone is 4. The average Bonchev–Trinajstić information content (AvgIpc) is 2.88. The molecule has 0 amide bonds. The lowest BCUT2D eigenvalue weighted by molar-refractivity contribution is -0.150. The van der Waals surface area contributed by atoms with Crippen molar-refractivity contribution in [2.45, 2.75) is 97.7 Å². The largest absolute Gasteiger partial charge is 0.458 e. The van der Waals surface area contributed by atoms with Crippen LogP contribution < -0.4 is 0 Å². The van der Waals surface area contributed by atoms with Gasteiger partial charge in [-0.25, -0.2) is 4.79 Å². The molecule has 0 saturated carbocycles. The molecule has 4 N–H and O–H groups in total. The number of aliphatic hydroxyl groups excluding tert-OH is 4. The molecule has 0 saturated heterocycles. The molecule has 0 aromatic heterocycles. The van der Waals surface area contributed by atoms with Crippen LogP contribution in [0.4, 0.5) is 0 Å². The van der Waals surface area contributed by atoms with E-state index in [4.69, 9.17) is 4.74 Å². The highest BCUT2D eigenvalue weighted by atomic mass is 16.5. The first kappa shape index (κ1) is 34.0. The van der Waals surface area contributed by atoms with Crippen LogP contribution in [0.3, 0.4) is 0 Å². The van der Waals surface area contributed by atoms with E-state index >= 15 is 0 Å². The van der Waals surface area contributed by atoms with E-state index in [0.29, 0.717) is 6.42 Å². The molecule has 11 atom stereocenters. The topological polar surface area (TPSA) is 107 Å². The maximum absolute atomic E-state index is 12.6. The van der Waals surface area contributed by atoms with Gasteiger partial charge >= 0.3 is 5.97 Å². The molecule has 1 aliphatic rings. The summed E-state index contributed by atoms with van der Waals surface area (Å²) < 4.78 is 5.81. The molecule has 1 rings (SSSR count). The number of carbonyl (C=O) groups is 1. The van der Waals surface area contributed by atoms with Crippen LogP contribution in [0.25, 0.3) is 0 Å². The number of ether oxygens (including phenoxy) is 1. The van der Waals surface area contributed by atoms with Gasteiger partial charge in [0.15, 0.2) is 0 Å². The molecular formula is C32H52O6. The van der Waals surface area contributed by atoms with Crippen LogP contribution in [0.1, 0.15) is 67.2 Å². The van der Waals surface area contributed by atoms with Crippen molar-refractivity contribution >= 4 is 5.97 Å². The molecule has 0 aliphatic carbocycles. The van der Waals surface area contributed by atoms with Crippen molar-refractivity contribution in [1.82, 2.24) is 0 Å². The first-order valence-corrected chi connectivity index (χ1v) is 14.1. The maximum atomic E-state index is 12.6. The second-order valence-electron chi connectivity index (χ2n) is 11.4. The summed E-state index contributed by atoms with van der Waals surface area (Å²) in [5.41, 5.74) is 0. The molecule has 0 aromatic carbocycles. The van der Waals surface area contributed by atoms with Gasteiger partial charge in [-0.3, -0.25) is 0 Å². The fourth-order valence-corrected chi connectivity index (χ4v) is 5.04. The van der Waals surface area contributed by atoms with Crippen molar-refractivity contribution in [1.29, 1.82) is 0 Å². The van der Waals surface area contributed by atoms with Gasteiger partial charge in [-0.2, -0.15) is 0 Å². The number of carbonyl (C=O) groups excluding carboxylic acids is 1. The van der Waals surface area contributed by atoms with Crippen LogP contribution >= 0.6 is 0 Å². The Balaban J connectivity index is 3.17. The van der Waals surface area contributed by atoms with Crippen LogP contribution in [0.15, 0.2) is 61.3 Å². The molecule has 6 nitrogen and oxygen atoms in total. The summed E-state index contributed by atoms with van der Waals surface area (Å²) in [5, 5.41) is 42.7. The third kappa shape index (κ3) is 12.2. The minimum absolute atomic E-state index is 0.0366. The molecule has 1 aliphatic heterocycles. The zero-order chi connectivity index (χ0) is 28.8. The fraction of sp³-hybridized carbons (Fsp3) is 0.656. The summed E-state index contributed by atoms with van der Waals surface area (Å²) in [4.78, 5) is 12.6. The Morgan fingerprint density at radius 3 is 2.26 bits per heavy atom. The van der Waals surface area contributed by atoms with Crippen LogP contribution in [0.5, 0.6) is 0 Å². The smallest absolute Gasteiger partial charge is 0.331 e. The summed E-state index contributed by atoms with van der Waals surface area (Å²) in [6.07, 6.45) is 14.2. The predicted molar refractivity (Wildman–Crippen MR) is 154 cm³/mol. The van der Waals surface area contributed by atoms with Gasteiger partial charge in [0.2, 0.25) is 0 Å². The number of hydrogen-bond acceptors (Lipinski definition) is 6. The number of hydrogen-bond donors (Lipinski definition) is 4. The molecule has 0 aromatic rings. The van der Waals surface area contributed by atoms with Crippen molar-refractivity contribution in [2.24, 2.45) is 35.5 Å². The Hall–Kier alpha value is -1.99. The van der Waals surface area contributed by atoms with Crippen LogP contribution in [-0.4, -0.2) is 56.9 Å². The second-order valence-corrected chi connectivity index (χ2v) is 11.4. The van der Waals surface area contributed by atoms with Gasteiger partial charge in [0.25, 0.3) is 0 Å². The van der Waals surface area contributed by atoms with E-state index in [1.54, 1.807) is 30.4 Å². The number of rotatable bonds is 3. The molecule has 38 heavy (non-hydrogen) atoms. The Bertz CT molecular complexity index is 815. The van der Waals surface area contributed by atoms with Crippen LogP contribution in [0, 0.1) is 35.5 Å². The maximum Gasteiger partial charge on any atom is 0.331 e. The number of cyclic esters (lactones) is 1. The molecule has 0 unspecified atom stereocenters. The van der Waals surface area contributed by atoms with Gasteiger partial charge in [0, 0.05) is 36.2 Å². The summed E-state index contributed by atoms with van der Waals surface area (Å²) in [6.45, 7) is 15.5. The zero-order valence-electron chi connectivity index (χ0n) is 24.2. The van der Waals surface area contributed by atoms with Gasteiger partial charge in [-0.1, -0.05) is 96.7 Å². The average molecular weight is 533 g/mol. The third-order valence-corrected chi connectivity index (χ3v) is 7.78. The highest BCUT2D eigenvalue weighted by Crippen LogP contribution is 2.28. The Morgan fingerprint density at radius 1 is 0.921 bits per heavy atom. The van der Waals surface area contributed by atoms with Crippen molar-refractivity contribution in [3.05, 3.63) is 61.3 Å². The van der Waals surface area contributed by atoms with Crippen molar-refractivity contribution < 1.29 is 30.0 Å².